The topological polar surface area (TPSA) is 70.7 Å². The van der Waals surface area contributed by atoms with Gasteiger partial charge < -0.3 is 14.6 Å². The van der Waals surface area contributed by atoms with Crippen molar-refractivity contribution in [1.29, 1.82) is 0 Å². The maximum Gasteiger partial charge on any atom is 0.392 e. The zero-order chi connectivity index (χ0) is 28.8. The van der Waals surface area contributed by atoms with E-state index in [1.165, 1.54) is 26.8 Å². The third-order valence-electron chi connectivity index (χ3n) is 8.29. The van der Waals surface area contributed by atoms with Crippen LogP contribution in [0.2, 0.25) is 0 Å². The summed E-state index contributed by atoms with van der Waals surface area (Å²) in [4.78, 5) is 27.2. The molecule has 1 amide bonds. The predicted molar refractivity (Wildman–Crippen MR) is 137 cm³/mol. The average Bonchev–Trinajstić information content (AvgIpc) is 3.39. The van der Waals surface area contributed by atoms with Gasteiger partial charge in [0.25, 0.3) is 5.91 Å². The van der Waals surface area contributed by atoms with Crippen LogP contribution in [0, 0.1) is 17.6 Å². The van der Waals surface area contributed by atoms with Crippen molar-refractivity contribution in [1.82, 2.24) is 14.1 Å². The molecule has 2 aromatic heterocycles. The van der Waals surface area contributed by atoms with Crippen molar-refractivity contribution < 1.29 is 31.9 Å². The standard InChI is InChI=1S/C29H21F5N4O3/c30-18-8-7-17-23(24(18)31)20-6-3-11-35(20)19-5-2-1-4-16(19)25(17)38-22-14-15(29(32,33)34)9-12-36(22)28(41)26-27(40)21(39)10-13-37(26)38/h1-8,10-11,13,15,22,25,40H,9,12,14H2/t15?,22-,25-/m1/s1. The number of halogens is 5. The van der Waals surface area contributed by atoms with E-state index in [4.69, 9.17) is 0 Å². The van der Waals surface area contributed by atoms with Crippen molar-refractivity contribution in [3.63, 3.8) is 0 Å². The number of hydrogen-bond acceptors (Lipinski definition) is 4. The van der Waals surface area contributed by atoms with Gasteiger partial charge in [-0.15, -0.1) is 0 Å². The first-order valence-corrected chi connectivity index (χ1v) is 12.9. The lowest BCUT2D eigenvalue weighted by Crippen LogP contribution is -2.65. The number of amides is 1. The molecule has 3 atom stereocenters. The largest absolute Gasteiger partial charge is 0.502 e. The van der Waals surface area contributed by atoms with E-state index in [-0.39, 0.29) is 24.1 Å². The first-order valence-electron chi connectivity index (χ1n) is 12.9. The highest BCUT2D eigenvalue weighted by Crippen LogP contribution is 2.48. The Balaban J connectivity index is 1.57. The lowest BCUT2D eigenvalue weighted by Gasteiger charge is -2.53. The molecule has 5 heterocycles. The molecule has 12 heteroatoms. The number of pyridine rings is 1. The Labute approximate surface area is 229 Å². The van der Waals surface area contributed by atoms with E-state index in [1.54, 1.807) is 47.2 Å². The SMILES string of the molecule is O=C1c2c(O)c(=O)ccn2N([C@@H]2c3ccccc3-n3cccc3-c3c2ccc(F)c3F)[C@@H]2CC(C(F)(F)F)CCN12. The summed E-state index contributed by atoms with van der Waals surface area (Å²) < 4.78 is 75.4. The van der Waals surface area contributed by atoms with Crippen molar-refractivity contribution in [3.8, 4) is 22.7 Å². The van der Waals surface area contributed by atoms with E-state index >= 15 is 4.39 Å². The minimum Gasteiger partial charge on any atom is -0.502 e. The quantitative estimate of drug-likeness (QED) is 0.325. The number of carbonyl (C=O) groups is 1. The monoisotopic (exact) mass is 568 g/mol. The molecule has 3 aliphatic rings. The van der Waals surface area contributed by atoms with Crippen molar-refractivity contribution in [3.05, 3.63) is 106 Å². The second-order valence-electron chi connectivity index (χ2n) is 10.4. The second-order valence-corrected chi connectivity index (χ2v) is 10.4. The van der Waals surface area contributed by atoms with Crippen molar-refractivity contribution >= 4 is 5.91 Å². The van der Waals surface area contributed by atoms with Crippen LogP contribution < -0.4 is 10.4 Å². The van der Waals surface area contributed by atoms with E-state index in [2.05, 4.69) is 0 Å². The smallest absolute Gasteiger partial charge is 0.392 e. The zero-order valence-electron chi connectivity index (χ0n) is 21.1. The summed E-state index contributed by atoms with van der Waals surface area (Å²) in [5, 5.41) is 12.2. The molecule has 0 aliphatic carbocycles. The number of carbonyl (C=O) groups excluding carboxylic acids is 1. The van der Waals surface area contributed by atoms with Crippen molar-refractivity contribution in [2.24, 2.45) is 5.92 Å². The Bertz CT molecular complexity index is 1800. The van der Waals surface area contributed by atoms with Crippen LogP contribution in [-0.4, -0.2) is 44.0 Å². The molecule has 1 saturated heterocycles. The van der Waals surface area contributed by atoms with E-state index < -0.39 is 65.1 Å². The molecule has 7 nitrogen and oxygen atoms in total. The van der Waals surface area contributed by atoms with Crippen LogP contribution in [0.1, 0.15) is 40.5 Å². The Morgan fingerprint density at radius 3 is 2.46 bits per heavy atom. The van der Waals surface area contributed by atoms with Gasteiger partial charge in [-0.25, -0.2) is 8.78 Å². The van der Waals surface area contributed by atoms with Crippen LogP contribution in [0.4, 0.5) is 22.0 Å². The first kappa shape index (κ1) is 25.4. The average molecular weight is 569 g/mol. The molecule has 4 aromatic rings. The van der Waals surface area contributed by atoms with E-state index in [0.29, 0.717) is 16.9 Å². The first-order chi connectivity index (χ1) is 19.6. The van der Waals surface area contributed by atoms with Gasteiger partial charge in [0.1, 0.15) is 12.2 Å². The number of para-hydroxylation sites is 1. The number of piperidine rings is 1. The van der Waals surface area contributed by atoms with Gasteiger partial charge in [-0.3, -0.25) is 19.3 Å². The number of aromatic nitrogens is 2. The molecule has 41 heavy (non-hydrogen) atoms. The molecule has 0 radical (unpaired) electrons. The molecule has 1 fully saturated rings. The Morgan fingerprint density at radius 2 is 1.68 bits per heavy atom. The molecule has 0 spiro atoms. The third kappa shape index (κ3) is 3.55. The maximum absolute atomic E-state index is 15.7. The zero-order valence-corrected chi connectivity index (χ0v) is 21.1. The van der Waals surface area contributed by atoms with Gasteiger partial charge in [-0.2, -0.15) is 13.2 Å². The van der Waals surface area contributed by atoms with Crippen LogP contribution in [0.3, 0.4) is 0 Å². The van der Waals surface area contributed by atoms with Gasteiger partial charge in [-0.05, 0) is 42.7 Å². The van der Waals surface area contributed by atoms with Crippen LogP contribution in [0.15, 0.2) is 71.8 Å². The molecule has 3 aliphatic heterocycles. The van der Waals surface area contributed by atoms with Gasteiger partial charge in [-0.1, -0.05) is 24.3 Å². The molecule has 1 unspecified atom stereocenters. The van der Waals surface area contributed by atoms with Gasteiger partial charge in [0.15, 0.2) is 23.1 Å². The summed E-state index contributed by atoms with van der Waals surface area (Å²) in [5.41, 5.74) is 0.325. The normalized spacial score (nSPS) is 21.4. The third-order valence-corrected chi connectivity index (χ3v) is 8.29. The second kappa shape index (κ2) is 8.69. The molecule has 2 aromatic carbocycles. The lowest BCUT2D eigenvalue weighted by molar-refractivity contribution is -0.189. The fourth-order valence-corrected chi connectivity index (χ4v) is 6.45. The Hall–Kier alpha value is -4.61. The summed E-state index contributed by atoms with van der Waals surface area (Å²) in [6.07, 6.45) is -3.72. The van der Waals surface area contributed by atoms with Crippen LogP contribution >= 0.6 is 0 Å². The predicted octanol–water partition coefficient (Wildman–Crippen LogP) is 5.09. The number of alkyl halides is 3. The molecular weight excluding hydrogens is 547 g/mol. The minimum atomic E-state index is -4.54. The number of aromatic hydroxyl groups is 1. The Morgan fingerprint density at radius 1 is 0.902 bits per heavy atom. The maximum atomic E-state index is 15.7. The number of benzene rings is 2. The number of rotatable bonds is 1. The van der Waals surface area contributed by atoms with Gasteiger partial charge in [0.05, 0.1) is 17.3 Å². The van der Waals surface area contributed by atoms with Gasteiger partial charge in [0, 0.05) is 36.1 Å². The molecule has 0 bridgehead atoms. The van der Waals surface area contributed by atoms with Crippen LogP contribution in [-0.2, 0) is 0 Å². The number of fused-ring (bicyclic) bond motifs is 7. The molecular formula is C29H21F5N4O3. The van der Waals surface area contributed by atoms with Crippen LogP contribution in [0.5, 0.6) is 5.75 Å². The van der Waals surface area contributed by atoms with E-state index in [0.717, 1.165) is 12.1 Å². The summed E-state index contributed by atoms with van der Waals surface area (Å²) >= 11 is 0. The molecule has 210 valence electrons. The fraction of sp³-hybridized carbons (Fsp3) is 0.241. The van der Waals surface area contributed by atoms with E-state index in [9.17, 15) is 32.3 Å². The summed E-state index contributed by atoms with van der Waals surface area (Å²) in [6.45, 7) is -0.286. The number of hydrogen-bond donors (Lipinski definition) is 1. The molecule has 0 saturated carbocycles. The lowest BCUT2D eigenvalue weighted by atomic mass is 9.88. The highest BCUT2D eigenvalue weighted by molar-refractivity contribution is 5.96. The number of nitrogens with zero attached hydrogens (tertiary/aromatic N) is 4. The van der Waals surface area contributed by atoms with Crippen LogP contribution in [0.25, 0.3) is 16.9 Å². The highest BCUT2D eigenvalue weighted by Gasteiger charge is 2.52. The molecule has 7 rings (SSSR count). The Kier molecular flexibility index (Phi) is 5.38. The summed E-state index contributed by atoms with van der Waals surface area (Å²) in [5.74, 6) is -5.62. The van der Waals surface area contributed by atoms with Crippen molar-refractivity contribution in [2.75, 3.05) is 11.6 Å². The summed E-state index contributed by atoms with van der Waals surface area (Å²) in [6, 6.07) is 12.5. The highest BCUT2D eigenvalue weighted by atomic mass is 19.4. The van der Waals surface area contributed by atoms with Gasteiger partial charge in [0.2, 0.25) is 5.43 Å². The molecule has 1 N–H and O–H groups in total. The fourth-order valence-electron chi connectivity index (χ4n) is 6.45. The van der Waals surface area contributed by atoms with E-state index in [1.807, 2.05) is 0 Å². The van der Waals surface area contributed by atoms with Crippen molar-refractivity contribution in [2.45, 2.75) is 31.2 Å². The minimum absolute atomic E-state index is 0.0883. The summed E-state index contributed by atoms with van der Waals surface area (Å²) in [7, 11) is 0. The van der Waals surface area contributed by atoms with Gasteiger partial charge >= 0.3 is 6.18 Å².